The van der Waals surface area contributed by atoms with E-state index >= 15 is 0 Å². The molecule has 1 rings (SSSR count). The number of methoxy groups -OCH3 is 1. The smallest absolute Gasteiger partial charge is 0.317 e. The first-order valence-corrected chi connectivity index (χ1v) is 5.95. The van der Waals surface area contributed by atoms with Crippen LogP contribution >= 0.6 is 0 Å². The molecular formula is C11H20N2O5. The van der Waals surface area contributed by atoms with Crippen molar-refractivity contribution in [2.75, 3.05) is 40.0 Å². The quantitative estimate of drug-likeness (QED) is 0.644. The minimum absolute atomic E-state index is 0.155. The van der Waals surface area contributed by atoms with Crippen molar-refractivity contribution in [1.29, 1.82) is 0 Å². The number of hydrogen-bond acceptors (Lipinski definition) is 4. The molecule has 0 spiro atoms. The molecule has 1 saturated heterocycles. The number of ether oxygens (including phenoxy) is 2. The maximum absolute atomic E-state index is 11.9. The van der Waals surface area contributed by atoms with Gasteiger partial charge >= 0.3 is 12.0 Å². The molecule has 1 fully saturated rings. The number of urea groups is 1. The Morgan fingerprint density at radius 2 is 2.22 bits per heavy atom. The largest absolute Gasteiger partial charge is 0.481 e. The molecule has 2 amide bonds. The summed E-state index contributed by atoms with van der Waals surface area (Å²) in [5.41, 5.74) is 0. The molecule has 0 radical (unpaired) electrons. The lowest BCUT2D eigenvalue weighted by Gasteiger charge is -2.29. The van der Waals surface area contributed by atoms with Gasteiger partial charge in [0.1, 0.15) is 5.92 Å². The Hall–Kier alpha value is -1.34. The van der Waals surface area contributed by atoms with Crippen LogP contribution in [0.5, 0.6) is 0 Å². The van der Waals surface area contributed by atoms with E-state index in [9.17, 15) is 9.59 Å². The van der Waals surface area contributed by atoms with Gasteiger partial charge in [-0.2, -0.15) is 0 Å². The van der Waals surface area contributed by atoms with Gasteiger partial charge in [-0.25, -0.2) is 4.79 Å². The third-order valence-corrected chi connectivity index (χ3v) is 2.95. The normalized spacial score (nSPS) is 22.8. The Balaban J connectivity index is 2.58. The number of carbonyl (C=O) groups is 2. The topological polar surface area (TPSA) is 88.1 Å². The average molecular weight is 260 g/mol. The summed E-state index contributed by atoms with van der Waals surface area (Å²) in [4.78, 5) is 24.5. The summed E-state index contributed by atoms with van der Waals surface area (Å²) < 4.78 is 10.0. The van der Waals surface area contributed by atoms with Crippen molar-refractivity contribution >= 4 is 12.0 Å². The fraction of sp³-hybridized carbons (Fsp3) is 0.818. The number of nitrogens with zero attached hydrogens (tertiary/aromatic N) is 1. The van der Waals surface area contributed by atoms with E-state index in [1.807, 2.05) is 6.92 Å². The SMILES string of the molecule is CCN(C(=O)NCCOC)C1COCC1C(=O)O. The zero-order valence-electron chi connectivity index (χ0n) is 10.7. The van der Waals surface area contributed by atoms with E-state index < -0.39 is 17.9 Å². The van der Waals surface area contributed by atoms with E-state index in [-0.39, 0.29) is 19.2 Å². The zero-order chi connectivity index (χ0) is 13.5. The van der Waals surface area contributed by atoms with Crippen molar-refractivity contribution in [3.05, 3.63) is 0 Å². The van der Waals surface area contributed by atoms with Crippen molar-refractivity contribution < 1.29 is 24.2 Å². The number of carboxylic acid groups (broad SMARTS) is 1. The molecule has 0 aromatic rings. The Morgan fingerprint density at radius 1 is 1.50 bits per heavy atom. The molecule has 0 saturated carbocycles. The van der Waals surface area contributed by atoms with Crippen molar-refractivity contribution in [2.24, 2.45) is 5.92 Å². The summed E-state index contributed by atoms with van der Waals surface area (Å²) in [7, 11) is 1.55. The van der Waals surface area contributed by atoms with Crippen LogP contribution in [-0.2, 0) is 14.3 Å². The number of likely N-dealkylation sites (N-methyl/N-ethyl adjacent to an activating group) is 1. The average Bonchev–Trinajstić information content (AvgIpc) is 2.79. The molecule has 0 aromatic heterocycles. The lowest BCUT2D eigenvalue weighted by molar-refractivity contribution is -0.142. The number of nitrogens with one attached hydrogen (secondary N) is 1. The second-order valence-corrected chi connectivity index (χ2v) is 4.06. The molecule has 7 heteroatoms. The Kier molecular flexibility index (Phi) is 5.87. The maximum Gasteiger partial charge on any atom is 0.317 e. The van der Waals surface area contributed by atoms with Gasteiger partial charge in [0.15, 0.2) is 0 Å². The van der Waals surface area contributed by atoms with Crippen molar-refractivity contribution in [3.63, 3.8) is 0 Å². The summed E-state index contributed by atoms with van der Waals surface area (Å²) in [6.07, 6.45) is 0. The van der Waals surface area contributed by atoms with Crippen molar-refractivity contribution in [2.45, 2.75) is 13.0 Å². The van der Waals surface area contributed by atoms with E-state index in [2.05, 4.69) is 5.32 Å². The number of amides is 2. The van der Waals surface area contributed by atoms with E-state index in [4.69, 9.17) is 14.6 Å². The molecule has 1 heterocycles. The van der Waals surface area contributed by atoms with Crippen LogP contribution in [0.1, 0.15) is 6.92 Å². The van der Waals surface area contributed by atoms with Gasteiger partial charge in [-0.15, -0.1) is 0 Å². The monoisotopic (exact) mass is 260 g/mol. The summed E-state index contributed by atoms with van der Waals surface area (Å²) in [5, 5.41) is 11.8. The van der Waals surface area contributed by atoms with E-state index in [1.54, 1.807) is 7.11 Å². The highest BCUT2D eigenvalue weighted by Crippen LogP contribution is 2.20. The summed E-state index contributed by atoms with van der Waals surface area (Å²) in [6, 6.07) is -0.689. The minimum atomic E-state index is -0.930. The summed E-state index contributed by atoms with van der Waals surface area (Å²) >= 11 is 0. The van der Waals surface area contributed by atoms with Crippen molar-refractivity contribution in [1.82, 2.24) is 10.2 Å². The number of rotatable bonds is 6. The molecule has 1 aliphatic rings. The molecule has 1 aliphatic heterocycles. The van der Waals surface area contributed by atoms with Gasteiger partial charge < -0.3 is 24.8 Å². The predicted molar refractivity (Wildman–Crippen MR) is 63.4 cm³/mol. The van der Waals surface area contributed by atoms with Crippen LogP contribution in [0.4, 0.5) is 4.79 Å². The molecule has 104 valence electrons. The standard InChI is InChI=1S/C11H20N2O5/c1-3-13(11(16)12-4-5-17-2)9-7-18-6-8(9)10(14)15/h8-9H,3-7H2,1-2H3,(H,12,16)(H,14,15). The highest BCUT2D eigenvalue weighted by molar-refractivity contribution is 5.77. The van der Waals surface area contributed by atoms with Gasteiger partial charge in [0.25, 0.3) is 0 Å². The van der Waals surface area contributed by atoms with Crippen molar-refractivity contribution in [3.8, 4) is 0 Å². The van der Waals surface area contributed by atoms with Gasteiger partial charge in [-0.05, 0) is 6.92 Å². The third kappa shape index (κ3) is 3.58. The van der Waals surface area contributed by atoms with Gasteiger partial charge in [-0.3, -0.25) is 4.79 Å². The maximum atomic E-state index is 11.9. The minimum Gasteiger partial charge on any atom is -0.481 e. The molecule has 7 nitrogen and oxygen atoms in total. The van der Waals surface area contributed by atoms with Crippen LogP contribution in [0.15, 0.2) is 0 Å². The van der Waals surface area contributed by atoms with Gasteiger partial charge in [0, 0.05) is 20.2 Å². The number of hydrogen-bond donors (Lipinski definition) is 2. The van der Waals surface area contributed by atoms with E-state index in [1.165, 1.54) is 4.90 Å². The Labute approximate surface area is 106 Å². The summed E-state index contributed by atoms with van der Waals surface area (Å²) in [6.45, 7) is 3.50. The highest BCUT2D eigenvalue weighted by Gasteiger charge is 2.39. The first kappa shape index (κ1) is 14.7. The van der Waals surface area contributed by atoms with Crippen LogP contribution in [0.25, 0.3) is 0 Å². The van der Waals surface area contributed by atoms with Crippen LogP contribution < -0.4 is 5.32 Å². The molecule has 0 bridgehead atoms. The third-order valence-electron chi connectivity index (χ3n) is 2.95. The molecule has 18 heavy (non-hydrogen) atoms. The van der Waals surface area contributed by atoms with Gasteiger partial charge in [0.2, 0.25) is 0 Å². The second-order valence-electron chi connectivity index (χ2n) is 4.06. The van der Waals surface area contributed by atoms with Crippen LogP contribution in [0, 0.1) is 5.92 Å². The van der Waals surface area contributed by atoms with Crippen LogP contribution in [0.2, 0.25) is 0 Å². The van der Waals surface area contributed by atoms with Crippen LogP contribution in [-0.4, -0.2) is 68.1 Å². The fourth-order valence-corrected chi connectivity index (χ4v) is 1.98. The lowest BCUT2D eigenvalue weighted by Crippen LogP contribution is -2.50. The number of carboxylic acids is 1. The lowest BCUT2D eigenvalue weighted by atomic mass is 10.0. The first-order valence-electron chi connectivity index (χ1n) is 5.95. The second kappa shape index (κ2) is 7.17. The highest BCUT2D eigenvalue weighted by atomic mass is 16.5. The predicted octanol–water partition coefficient (Wildman–Crippen LogP) is -0.236. The molecular weight excluding hydrogens is 240 g/mol. The Morgan fingerprint density at radius 3 is 2.78 bits per heavy atom. The zero-order valence-corrected chi connectivity index (χ0v) is 10.7. The van der Waals surface area contributed by atoms with E-state index in [0.717, 1.165) is 0 Å². The first-order chi connectivity index (χ1) is 8.61. The summed E-state index contributed by atoms with van der Waals surface area (Å²) in [5.74, 6) is -1.58. The Bertz CT molecular complexity index is 297. The van der Waals surface area contributed by atoms with E-state index in [0.29, 0.717) is 19.7 Å². The van der Waals surface area contributed by atoms with Gasteiger partial charge in [-0.1, -0.05) is 0 Å². The van der Waals surface area contributed by atoms with Crippen LogP contribution in [0.3, 0.4) is 0 Å². The molecule has 0 aliphatic carbocycles. The number of carbonyl (C=O) groups excluding carboxylic acids is 1. The molecule has 2 N–H and O–H groups in total. The fourth-order valence-electron chi connectivity index (χ4n) is 1.98. The molecule has 2 atom stereocenters. The number of aliphatic carboxylic acids is 1. The molecule has 0 aromatic carbocycles. The molecule has 2 unspecified atom stereocenters. The van der Waals surface area contributed by atoms with Gasteiger partial charge in [0.05, 0.1) is 25.9 Å².